The zero-order valence-electron chi connectivity index (χ0n) is 18.5. The lowest BCUT2D eigenvalue weighted by molar-refractivity contribution is -0.136. The summed E-state index contributed by atoms with van der Waals surface area (Å²) in [5.74, 6) is 0.191. The van der Waals surface area contributed by atoms with Crippen molar-refractivity contribution in [1.82, 2.24) is 15.5 Å². The SMILES string of the molecule is COc1cccc(CC(=O)NCC(=O)N2CCCCCNC(=O)CC2c2ccccc2)c1. The molecule has 1 atom stereocenters. The van der Waals surface area contributed by atoms with E-state index in [1.807, 2.05) is 48.5 Å². The van der Waals surface area contributed by atoms with Crippen molar-refractivity contribution >= 4 is 17.7 Å². The van der Waals surface area contributed by atoms with Crippen molar-refractivity contribution in [2.75, 3.05) is 26.7 Å². The lowest BCUT2D eigenvalue weighted by Gasteiger charge is -2.33. The highest BCUT2D eigenvalue weighted by atomic mass is 16.5. The average molecular weight is 438 g/mol. The van der Waals surface area contributed by atoms with Crippen LogP contribution in [0.15, 0.2) is 54.6 Å². The first-order valence-electron chi connectivity index (χ1n) is 11.1. The molecular weight excluding hydrogens is 406 g/mol. The highest BCUT2D eigenvalue weighted by Crippen LogP contribution is 2.26. The second kappa shape index (κ2) is 11.9. The maximum absolute atomic E-state index is 13.2. The van der Waals surface area contributed by atoms with Crippen LogP contribution in [-0.2, 0) is 20.8 Å². The number of hydrogen-bond acceptors (Lipinski definition) is 4. The Morgan fingerprint density at radius 1 is 1.09 bits per heavy atom. The molecule has 3 amide bonds. The molecule has 1 aliphatic rings. The van der Waals surface area contributed by atoms with Crippen molar-refractivity contribution in [2.45, 2.75) is 38.1 Å². The summed E-state index contributed by atoms with van der Waals surface area (Å²) in [6, 6.07) is 16.5. The Morgan fingerprint density at radius 2 is 1.91 bits per heavy atom. The first-order chi connectivity index (χ1) is 15.6. The number of amides is 3. The summed E-state index contributed by atoms with van der Waals surface area (Å²) in [4.78, 5) is 39.8. The van der Waals surface area contributed by atoms with E-state index >= 15 is 0 Å². The molecule has 0 spiro atoms. The second-order valence-corrected chi connectivity index (χ2v) is 7.93. The van der Waals surface area contributed by atoms with E-state index in [1.165, 1.54) is 0 Å². The summed E-state index contributed by atoms with van der Waals surface area (Å²) in [6.07, 6.45) is 3.03. The maximum atomic E-state index is 13.2. The molecule has 170 valence electrons. The number of nitrogens with one attached hydrogen (secondary N) is 2. The van der Waals surface area contributed by atoms with Gasteiger partial charge < -0.3 is 20.3 Å². The summed E-state index contributed by atoms with van der Waals surface area (Å²) in [5.41, 5.74) is 1.73. The topological polar surface area (TPSA) is 87.7 Å². The fourth-order valence-corrected chi connectivity index (χ4v) is 3.90. The van der Waals surface area contributed by atoms with E-state index in [1.54, 1.807) is 18.1 Å². The Balaban J connectivity index is 1.68. The molecule has 1 aliphatic heterocycles. The van der Waals surface area contributed by atoms with Gasteiger partial charge in [0.2, 0.25) is 17.7 Å². The highest BCUT2D eigenvalue weighted by Gasteiger charge is 2.27. The zero-order chi connectivity index (χ0) is 22.8. The Kier molecular flexibility index (Phi) is 8.66. The minimum absolute atomic E-state index is 0.0689. The van der Waals surface area contributed by atoms with Gasteiger partial charge in [0.25, 0.3) is 0 Å². The predicted octanol–water partition coefficient (Wildman–Crippen LogP) is 2.61. The Labute approximate surface area is 189 Å². The molecule has 7 heteroatoms. The third-order valence-electron chi connectivity index (χ3n) is 5.59. The van der Waals surface area contributed by atoms with E-state index in [-0.39, 0.29) is 43.1 Å². The van der Waals surface area contributed by atoms with Crippen molar-refractivity contribution < 1.29 is 19.1 Å². The molecule has 32 heavy (non-hydrogen) atoms. The van der Waals surface area contributed by atoms with Crippen LogP contribution in [0.3, 0.4) is 0 Å². The minimum atomic E-state index is -0.364. The van der Waals surface area contributed by atoms with Gasteiger partial charge in [-0.3, -0.25) is 14.4 Å². The molecule has 0 aromatic heterocycles. The molecule has 0 saturated carbocycles. The lowest BCUT2D eigenvalue weighted by Crippen LogP contribution is -2.44. The van der Waals surface area contributed by atoms with Gasteiger partial charge >= 0.3 is 0 Å². The van der Waals surface area contributed by atoms with E-state index in [9.17, 15) is 14.4 Å². The fraction of sp³-hybridized carbons (Fsp3) is 0.400. The number of hydrogen-bond donors (Lipinski definition) is 2. The summed E-state index contributed by atoms with van der Waals surface area (Å²) in [7, 11) is 1.58. The number of rotatable bonds is 6. The quantitative estimate of drug-likeness (QED) is 0.727. The number of methoxy groups -OCH3 is 1. The Hall–Kier alpha value is -3.35. The molecular formula is C25H31N3O4. The average Bonchev–Trinajstić information content (AvgIpc) is 2.82. The molecule has 1 fully saturated rings. The van der Waals surface area contributed by atoms with Crippen LogP contribution < -0.4 is 15.4 Å². The molecule has 2 aromatic rings. The van der Waals surface area contributed by atoms with Gasteiger partial charge in [0.05, 0.1) is 32.5 Å². The van der Waals surface area contributed by atoms with Crippen LogP contribution in [0, 0.1) is 0 Å². The summed E-state index contributed by atoms with van der Waals surface area (Å²) in [5, 5.41) is 5.68. The van der Waals surface area contributed by atoms with Gasteiger partial charge in [-0.25, -0.2) is 0 Å². The van der Waals surface area contributed by atoms with Crippen molar-refractivity contribution in [3.05, 3.63) is 65.7 Å². The highest BCUT2D eigenvalue weighted by molar-refractivity contribution is 5.86. The van der Waals surface area contributed by atoms with E-state index in [0.29, 0.717) is 18.8 Å². The largest absolute Gasteiger partial charge is 0.497 e. The number of carbonyl (C=O) groups excluding carboxylic acids is 3. The number of ether oxygens (including phenoxy) is 1. The molecule has 1 heterocycles. The zero-order valence-corrected chi connectivity index (χ0v) is 18.5. The van der Waals surface area contributed by atoms with Gasteiger partial charge in [-0.1, -0.05) is 42.5 Å². The van der Waals surface area contributed by atoms with Crippen LogP contribution in [0.25, 0.3) is 0 Å². The van der Waals surface area contributed by atoms with Crippen LogP contribution in [0.2, 0.25) is 0 Å². The first-order valence-corrected chi connectivity index (χ1v) is 11.1. The smallest absolute Gasteiger partial charge is 0.242 e. The molecule has 7 nitrogen and oxygen atoms in total. The Morgan fingerprint density at radius 3 is 2.69 bits per heavy atom. The second-order valence-electron chi connectivity index (χ2n) is 7.93. The molecule has 0 radical (unpaired) electrons. The van der Waals surface area contributed by atoms with E-state index in [2.05, 4.69) is 10.6 Å². The van der Waals surface area contributed by atoms with Gasteiger partial charge in [0, 0.05) is 13.1 Å². The van der Waals surface area contributed by atoms with Crippen molar-refractivity contribution in [3.8, 4) is 5.75 Å². The number of carbonyl (C=O) groups is 3. The molecule has 3 rings (SSSR count). The third-order valence-corrected chi connectivity index (χ3v) is 5.59. The minimum Gasteiger partial charge on any atom is -0.497 e. The fourth-order valence-electron chi connectivity index (χ4n) is 3.90. The summed E-state index contributed by atoms with van der Waals surface area (Å²) < 4.78 is 5.19. The molecule has 0 aliphatic carbocycles. The van der Waals surface area contributed by atoms with Crippen molar-refractivity contribution in [3.63, 3.8) is 0 Å². The molecule has 2 aromatic carbocycles. The maximum Gasteiger partial charge on any atom is 0.242 e. The van der Waals surface area contributed by atoms with E-state index in [4.69, 9.17) is 4.74 Å². The third kappa shape index (κ3) is 6.83. The molecule has 0 bridgehead atoms. The number of benzene rings is 2. The number of nitrogens with zero attached hydrogens (tertiary/aromatic N) is 1. The lowest BCUT2D eigenvalue weighted by atomic mass is 10.00. The summed E-state index contributed by atoms with van der Waals surface area (Å²) >= 11 is 0. The van der Waals surface area contributed by atoms with Gasteiger partial charge in [0.15, 0.2) is 0 Å². The van der Waals surface area contributed by atoms with Crippen molar-refractivity contribution in [2.24, 2.45) is 0 Å². The van der Waals surface area contributed by atoms with Crippen LogP contribution >= 0.6 is 0 Å². The standard InChI is InChI=1S/C25H31N3O4/c1-32-21-12-8-9-19(15-21)16-23(29)27-18-25(31)28-14-7-3-6-13-26-24(30)17-22(28)20-10-4-2-5-11-20/h2,4-5,8-12,15,22H,3,6-7,13-14,16-18H2,1H3,(H,26,30)(H,27,29). The van der Waals surface area contributed by atoms with E-state index < -0.39 is 0 Å². The van der Waals surface area contributed by atoms with Crippen LogP contribution in [0.5, 0.6) is 5.75 Å². The first kappa shape index (κ1) is 23.3. The van der Waals surface area contributed by atoms with Gasteiger partial charge in [-0.2, -0.15) is 0 Å². The van der Waals surface area contributed by atoms with Crippen LogP contribution in [0.4, 0.5) is 0 Å². The molecule has 2 N–H and O–H groups in total. The van der Waals surface area contributed by atoms with Gasteiger partial charge in [-0.05, 0) is 42.5 Å². The monoisotopic (exact) mass is 437 g/mol. The summed E-state index contributed by atoms with van der Waals surface area (Å²) in [6.45, 7) is 1.11. The van der Waals surface area contributed by atoms with Crippen LogP contribution in [0.1, 0.15) is 42.9 Å². The van der Waals surface area contributed by atoms with Gasteiger partial charge in [0.1, 0.15) is 5.75 Å². The van der Waals surface area contributed by atoms with Crippen LogP contribution in [-0.4, -0.2) is 49.4 Å². The normalized spacial score (nSPS) is 17.2. The molecule has 1 saturated heterocycles. The molecule has 1 unspecified atom stereocenters. The van der Waals surface area contributed by atoms with Gasteiger partial charge in [-0.15, -0.1) is 0 Å². The Bertz CT molecular complexity index is 916. The predicted molar refractivity (Wildman–Crippen MR) is 122 cm³/mol. The van der Waals surface area contributed by atoms with Crippen molar-refractivity contribution in [1.29, 1.82) is 0 Å². The van der Waals surface area contributed by atoms with E-state index in [0.717, 1.165) is 30.4 Å².